The third-order valence-corrected chi connectivity index (χ3v) is 2.84. The van der Waals surface area contributed by atoms with Gasteiger partial charge in [0.2, 0.25) is 0 Å². The highest BCUT2D eigenvalue weighted by Crippen LogP contribution is 2.24. The molecule has 0 spiro atoms. The van der Waals surface area contributed by atoms with Crippen LogP contribution < -0.4 is 5.32 Å². The van der Waals surface area contributed by atoms with Gasteiger partial charge in [0.1, 0.15) is 6.20 Å². The molecule has 0 fully saturated rings. The van der Waals surface area contributed by atoms with Gasteiger partial charge in [-0.25, -0.2) is 4.98 Å². The highest BCUT2D eigenvalue weighted by Gasteiger charge is 2.10. The number of hydrogen-bond acceptors (Lipinski definition) is 7. The number of thiazole rings is 1. The third kappa shape index (κ3) is 2.94. The van der Waals surface area contributed by atoms with Crippen molar-refractivity contribution in [3.63, 3.8) is 0 Å². The third-order valence-electron chi connectivity index (χ3n) is 1.93. The number of anilines is 1. The van der Waals surface area contributed by atoms with Gasteiger partial charge in [-0.2, -0.15) is 0 Å². The maximum atomic E-state index is 10.5. The minimum atomic E-state index is -0.464. The van der Waals surface area contributed by atoms with Crippen LogP contribution in [0.25, 0.3) is 0 Å². The summed E-state index contributed by atoms with van der Waals surface area (Å²) in [5.41, 5.74) is 1.60. The van der Waals surface area contributed by atoms with E-state index in [0.717, 1.165) is 22.7 Å². The molecule has 0 aliphatic rings. The van der Waals surface area contributed by atoms with Crippen LogP contribution in [-0.4, -0.2) is 19.9 Å². The van der Waals surface area contributed by atoms with Crippen LogP contribution in [0.15, 0.2) is 18.6 Å². The van der Waals surface area contributed by atoms with E-state index in [2.05, 4.69) is 20.3 Å². The number of nitrogens with one attached hydrogen (secondary N) is 1. The van der Waals surface area contributed by atoms with Crippen molar-refractivity contribution < 1.29 is 4.92 Å². The van der Waals surface area contributed by atoms with Gasteiger partial charge in [-0.15, -0.1) is 0 Å². The summed E-state index contributed by atoms with van der Waals surface area (Å²) < 4.78 is 0. The molecule has 17 heavy (non-hydrogen) atoms. The molecule has 2 aromatic rings. The van der Waals surface area contributed by atoms with E-state index in [1.54, 1.807) is 12.4 Å². The van der Waals surface area contributed by atoms with Gasteiger partial charge in [-0.1, -0.05) is 0 Å². The predicted octanol–water partition coefficient (Wildman–Crippen LogP) is 1.76. The van der Waals surface area contributed by atoms with Crippen molar-refractivity contribution >= 4 is 21.5 Å². The van der Waals surface area contributed by atoms with Gasteiger partial charge in [0, 0.05) is 6.20 Å². The molecule has 0 bridgehead atoms. The lowest BCUT2D eigenvalue weighted by atomic mass is 10.4. The zero-order valence-electron chi connectivity index (χ0n) is 8.95. The van der Waals surface area contributed by atoms with Gasteiger partial charge in [0.05, 0.1) is 29.1 Å². The van der Waals surface area contributed by atoms with Crippen molar-refractivity contribution in [1.82, 2.24) is 15.0 Å². The molecule has 2 aromatic heterocycles. The second-order valence-corrected chi connectivity index (χ2v) is 4.27. The smallest absolute Gasteiger partial charge is 0.345 e. The summed E-state index contributed by atoms with van der Waals surface area (Å²) in [6, 6.07) is 0. The first-order chi connectivity index (χ1) is 8.15. The molecule has 0 radical (unpaired) electrons. The number of rotatable bonds is 4. The molecule has 88 valence electrons. The van der Waals surface area contributed by atoms with Crippen LogP contribution in [-0.2, 0) is 6.54 Å². The molecule has 2 rings (SSSR count). The molecule has 0 amide bonds. The van der Waals surface area contributed by atoms with Crippen LogP contribution in [0.4, 0.5) is 10.1 Å². The van der Waals surface area contributed by atoms with E-state index in [0.29, 0.717) is 11.7 Å². The Morgan fingerprint density at radius 2 is 2.18 bits per heavy atom. The Morgan fingerprint density at radius 3 is 2.76 bits per heavy atom. The maximum absolute atomic E-state index is 10.5. The molecule has 0 saturated carbocycles. The average molecular weight is 251 g/mol. The minimum absolute atomic E-state index is 0.0162. The molecular weight excluding hydrogens is 242 g/mol. The van der Waals surface area contributed by atoms with E-state index in [1.165, 1.54) is 6.20 Å². The van der Waals surface area contributed by atoms with E-state index >= 15 is 0 Å². The fourth-order valence-corrected chi connectivity index (χ4v) is 1.74. The largest absolute Gasteiger partial charge is 0.356 e. The Labute approximate surface area is 101 Å². The number of hydrogen-bond donors (Lipinski definition) is 1. The Morgan fingerprint density at radius 1 is 1.35 bits per heavy atom. The van der Waals surface area contributed by atoms with E-state index in [9.17, 15) is 10.1 Å². The number of nitro groups is 1. The van der Waals surface area contributed by atoms with Crippen molar-refractivity contribution in [3.8, 4) is 0 Å². The maximum Gasteiger partial charge on any atom is 0.345 e. The minimum Gasteiger partial charge on any atom is -0.356 e. The van der Waals surface area contributed by atoms with Gasteiger partial charge in [0.25, 0.3) is 0 Å². The molecule has 0 aliphatic carbocycles. The molecule has 0 saturated heterocycles. The van der Waals surface area contributed by atoms with Crippen LogP contribution in [0.3, 0.4) is 0 Å². The molecule has 2 heterocycles. The van der Waals surface area contributed by atoms with E-state index in [4.69, 9.17) is 0 Å². The Hall–Kier alpha value is -2.09. The SMILES string of the molecule is Cc1cnc(CNc2ncc([N+](=O)[O-])s2)cn1. The first-order valence-electron chi connectivity index (χ1n) is 4.77. The standard InChI is InChI=1S/C9H9N5O2S/c1-6-2-11-7(3-10-6)4-12-9-13-5-8(17-9)14(15)16/h2-3,5H,4H2,1H3,(H,12,13). The van der Waals surface area contributed by atoms with Gasteiger partial charge in [0.15, 0.2) is 5.13 Å². The normalized spacial score (nSPS) is 10.2. The van der Waals surface area contributed by atoms with Crippen molar-refractivity contribution in [2.24, 2.45) is 0 Å². The van der Waals surface area contributed by atoms with Gasteiger partial charge < -0.3 is 5.32 Å². The molecular formula is C9H9N5O2S. The molecule has 0 unspecified atom stereocenters. The van der Waals surface area contributed by atoms with Crippen molar-refractivity contribution in [3.05, 3.63) is 40.1 Å². The Balaban J connectivity index is 1.97. The Kier molecular flexibility index (Phi) is 3.24. The molecule has 0 aliphatic heterocycles. The van der Waals surface area contributed by atoms with Crippen LogP contribution in [0.1, 0.15) is 11.4 Å². The summed E-state index contributed by atoms with van der Waals surface area (Å²) >= 11 is 0.994. The first kappa shape index (κ1) is 11.4. The van der Waals surface area contributed by atoms with Gasteiger partial charge >= 0.3 is 5.00 Å². The van der Waals surface area contributed by atoms with Gasteiger partial charge in [-0.05, 0) is 18.3 Å². The summed E-state index contributed by atoms with van der Waals surface area (Å²) in [7, 11) is 0. The molecule has 0 aromatic carbocycles. The first-order valence-corrected chi connectivity index (χ1v) is 5.58. The van der Waals surface area contributed by atoms with Crippen LogP contribution in [0.5, 0.6) is 0 Å². The summed E-state index contributed by atoms with van der Waals surface area (Å²) in [6.07, 6.45) is 4.56. The monoisotopic (exact) mass is 251 g/mol. The van der Waals surface area contributed by atoms with Crippen LogP contribution in [0, 0.1) is 17.0 Å². The van der Waals surface area contributed by atoms with E-state index in [-0.39, 0.29) is 5.00 Å². The topological polar surface area (TPSA) is 93.8 Å². The molecule has 7 nitrogen and oxygen atoms in total. The summed E-state index contributed by atoms with van der Waals surface area (Å²) in [4.78, 5) is 22.1. The lowest BCUT2D eigenvalue weighted by Crippen LogP contribution is -2.01. The highest BCUT2D eigenvalue weighted by molar-refractivity contribution is 7.18. The van der Waals surface area contributed by atoms with Crippen molar-refractivity contribution in [2.75, 3.05) is 5.32 Å². The highest BCUT2D eigenvalue weighted by atomic mass is 32.1. The molecule has 0 atom stereocenters. The summed E-state index contributed by atoms with van der Waals surface area (Å²) in [5, 5.41) is 13.9. The summed E-state index contributed by atoms with van der Waals surface area (Å²) in [6.45, 7) is 2.30. The zero-order chi connectivity index (χ0) is 12.3. The molecule has 1 N–H and O–H groups in total. The average Bonchev–Trinajstić information content (AvgIpc) is 2.77. The lowest BCUT2D eigenvalue weighted by molar-refractivity contribution is -0.380. The van der Waals surface area contributed by atoms with E-state index in [1.807, 2.05) is 6.92 Å². The fourth-order valence-electron chi connectivity index (χ4n) is 1.11. The second-order valence-electron chi connectivity index (χ2n) is 3.26. The number of aryl methyl sites for hydroxylation is 1. The Bertz CT molecular complexity index is 524. The van der Waals surface area contributed by atoms with Crippen molar-refractivity contribution in [2.45, 2.75) is 13.5 Å². The van der Waals surface area contributed by atoms with Gasteiger partial charge in [-0.3, -0.25) is 20.1 Å². The molecule has 8 heteroatoms. The number of nitrogens with zero attached hydrogens (tertiary/aromatic N) is 4. The second kappa shape index (κ2) is 4.83. The predicted molar refractivity (Wildman–Crippen MR) is 62.9 cm³/mol. The zero-order valence-corrected chi connectivity index (χ0v) is 9.77. The van der Waals surface area contributed by atoms with Crippen LogP contribution in [0.2, 0.25) is 0 Å². The number of aromatic nitrogens is 3. The van der Waals surface area contributed by atoms with Crippen molar-refractivity contribution in [1.29, 1.82) is 0 Å². The quantitative estimate of drug-likeness (QED) is 0.657. The fraction of sp³-hybridized carbons (Fsp3) is 0.222. The summed E-state index contributed by atoms with van der Waals surface area (Å²) in [5.74, 6) is 0. The van der Waals surface area contributed by atoms with Crippen LogP contribution >= 0.6 is 11.3 Å². The van der Waals surface area contributed by atoms with E-state index < -0.39 is 4.92 Å². The lowest BCUT2D eigenvalue weighted by Gasteiger charge is -2.00.